The van der Waals surface area contributed by atoms with E-state index in [2.05, 4.69) is 11.6 Å². The third-order valence-electron chi connectivity index (χ3n) is 1.97. The average molecular weight is 173 g/mol. The van der Waals surface area contributed by atoms with Gasteiger partial charge in [-0.05, 0) is 18.2 Å². The molecule has 1 aromatic carbocycles. The van der Waals surface area contributed by atoms with Crippen LogP contribution in [0.4, 0.5) is 5.69 Å². The summed E-state index contributed by atoms with van der Waals surface area (Å²) in [5, 5.41) is 0. The lowest BCUT2D eigenvalue weighted by atomic mass is 10.3. The number of imidazole rings is 1. The van der Waals surface area contributed by atoms with Crippen molar-refractivity contribution in [3.8, 4) is 0 Å². The van der Waals surface area contributed by atoms with Gasteiger partial charge in [0.2, 0.25) is 0 Å². The molecule has 0 bridgehead atoms. The molecule has 13 heavy (non-hydrogen) atoms. The highest BCUT2D eigenvalue weighted by Crippen LogP contribution is 2.15. The summed E-state index contributed by atoms with van der Waals surface area (Å²) in [6.07, 6.45) is 3.64. The molecule has 0 radical (unpaired) electrons. The molecule has 3 heteroatoms. The standard InChI is InChI=1S/C10H11N3/c1-2-5-13-7-12-9-4-3-8(11)6-10(9)13/h2-4,6-7H,1,5,11H2. The minimum absolute atomic E-state index is 0.762. The van der Waals surface area contributed by atoms with E-state index in [1.807, 2.05) is 28.8 Å². The van der Waals surface area contributed by atoms with Crippen LogP contribution < -0.4 is 5.73 Å². The van der Waals surface area contributed by atoms with E-state index in [1.54, 1.807) is 6.33 Å². The summed E-state index contributed by atoms with van der Waals surface area (Å²) in [5.74, 6) is 0. The number of benzene rings is 1. The Morgan fingerprint density at radius 3 is 3.15 bits per heavy atom. The van der Waals surface area contributed by atoms with Gasteiger partial charge in [-0.2, -0.15) is 0 Å². The second-order valence-electron chi connectivity index (χ2n) is 2.93. The van der Waals surface area contributed by atoms with Crippen molar-refractivity contribution in [2.24, 2.45) is 0 Å². The Morgan fingerprint density at radius 1 is 1.54 bits per heavy atom. The van der Waals surface area contributed by atoms with E-state index in [0.29, 0.717) is 0 Å². The van der Waals surface area contributed by atoms with Gasteiger partial charge in [-0.3, -0.25) is 0 Å². The average Bonchev–Trinajstić information content (AvgIpc) is 2.49. The van der Waals surface area contributed by atoms with E-state index in [1.165, 1.54) is 0 Å². The maximum atomic E-state index is 5.68. The highest BCUT2D eigenvalue weighted by Gasteiger charge is 2.00. The Hall–Kier alpha value is -1.77. The topological polar surface area (TPSA) is 43.8 Å². The molecule has 0 atom stereocenters. The predicted octanol–water partition coefficient (Wildman–Crippen LogP) is 1.80. The monoisotopic (exact) mass is 173 g/mol. The molecule has 0 fully saturated rings. The minimum Gasteiger partial charge on any atom is -0.399 e. The van der Waals surface area contributed by atoms with Gasteiger partial charge in [0, 0.05) is 12.2 Å². The van der Waals surface area contributed by atoms with Crippen LogP contribution in [0, 0.1) is 0 Å². The third-order valence-corrected chi connectivity index (χ3v) is 1.97. The van der Waals surface area contributed by atoms with Gasteiger partial charge in [-0.1, -0.05) is 6.08 Å². The van der Waals surface area contributed by atoms with Gasteiger partial charge in [-0.15, -0.1) is 6.58 Å². The summed E-state index contributed by atoms with van der Waals surface area (Å²) >= 11 is 0. The van der Waals surface area contributed by atoms with Gasteiger partial charge in [-0.25, -0.2) is 4.98 Å². The first-order valence-corrected chi connectivity index (χ1v) is 4.12. The summed E-state index contributed by atoms with van der Waals surface area (Å²) in [6, 6.07) is 5.70. The number of fused-ring (bicyclic) bond motifs is 1. The van der Waals surface area contributed by atoms with Crippen LogP contribution in [0.2, 0.25) is 0 Å². The van der Waals surface area contributed by atoms with Crippen molar-refractivity contribution in [3.05, 3.63) is 37.2 Å². The maximum absolute atomic E-state index is 5.68. The fourth-order valence-electron chi connectivity index (χ4n) is 1.36. The number of rotatable bonds is 2. The number of allylic oxidation sites excluding steroid dienone is 1. The van der Waals surface area contributed by atoms with Crippen LogP contribution >= 0.6 is 0 Å². The van der Waals surface area contributed by atoms with Crippen LogP contribution in [0.5, 0.6) is 0 Å². The largest absolute Gasteiger partial charge is 0.399 e. The Bertz CT molecular complexity index is 442. The number of hydrogen-bond acceptors (Lipinski definition) is 2. The van der Waals surface area contributed by atoms with Crippen LogP contribution in [-0.4, -0.2) is 9.55 Å². The molecular formula is C10H11N3. The molecule has 66 valence electrons. The van der Waals surface area contributed by atoms with Gasteiger partial charge in [0.1, 0.15) is 0 Å². The predicted molar refractivity (Wildman–Crippen MR) is 54.3 cm³/mol. The first kappa shape index (κ1) is 7.86. The molecule has 1 aromatic heterocycles. The molecule has 2 rings (SSSR count). The molecule has 0 saturated heterocycles. The fraction of sp³-hybridized carbons (Fsp3) is 0.100. The van der Waals surface area contributed by atoms with E-state index >= 15 is 0 Å². The van der Waals surface area contributed by atoms with Crippen LogP contribution in [-0.2, 0) is 6.54 Å². The molecule has 0 unspecified atom stereocenters. The van der Waals surface area contributed by atoms with E-state index in [0.717, 1.165) is 23.3 Å². The number of anilines is 1. The van der Waals surface area contributed by atoms with Gasteiger partial charge < -0.3 is 10.3 Å². The Morgan fingerprint density at radius 2 is 2.38 bits per heavy atom. The molecule has 0 aliphatic rings. The van der Waals surface area contributed by atoms with E-state index in [9.17, 15) is 0 Å². The summed E-state index contributed by atoms with van der Waals surface area (Å²) < 4.78 is 2.01. The highest BCUT2D eigenvalue weighted by molar-refractivity contribution is 5.78. The zero-order chi connectivity index (χ0) is 9.26. The second-order valence-corrected chi connectivity index (χ2v) is 2.93. The number of aromatic nitrogens is 2. The highest BCUT2D eigenvalue weighted by atomic mass is 15.0. The number of hydrogen-bond donors (Lipinski definition) is 1. The number of nitrogens with zero attached hydrogens (tertiary/aromatic N) is 2. The van der Waals surface area contributed by atoms with Crippen LogP contribution in [0.15, 0.2) is 37.2 Å². The van der Waals surface area contributed by atoms with Gasteiger partial charge in [0.25, 0.3) is 0 Å². The number of nitrogen functional groups attached to an aromatic ring is 1. The molecule has 0 saturated carbocycles. The van der Waals surface area contributed by atoms with Crippen molar-refractivity contribution in [1.29, 1.82) is 0 Å². The molecule has 0 aliphatic carbocycles. The van der Waals surface area contributed by atoms with E-state index in [4.69, 9.17) is 5.73 Å². The molecule has 0 aliphatic heterocycles. The van der Waals surface area contributed by atoms with E-state index < -0.39 is 0 Å². The number of nitrogens with two attached hydrogens (primary N) is 1. The molecule has 0 spiro atoms. The summed E-state index contributed by atoms with van der Waals surface area (Å²) in [6.45, 7) is 4.45. The van der Waals surface area contributed by atoms with E-state index in [-0.39, 0.29) is 0 Å². The van der Waals surface area contributed by atoms with Crippen molar-refractivity contribution in [2.75, 3.05) is 5.73 Å². The van der Waals surface area contributed by atoms with Gasteiger partial charge in [0.05, 0.1) is 17.4 Å². The molecule has 0 amide bonds. The summed E-state index contributed by atoms with van der Waals surface area (Å²) in [5.41, 5.74) is 8.47. The van der Waals surface area contributed by atoms with Crippen LogP contribution in [0.1, 0.15) is 0 Å². The zero-order valence-corrected chi connectivity index (χ0v) is 7.27. The summed E-state index contributed by atoms with van der Waals surface area (Å²) in [4.78, 5) is 4.24. The van der Waals surface area contributed by atoms with Crippen molar-refractivity contribution in [2.45, 2.75) is 6.54 Å². The Balaban J connectivity index is 2.64. The van der Waals surface area contributed by atoms with Gasteiger partial charge in [0.15, 0.2) is 0 Å². The molecule has 2 N–H and O–H groups in total. The lowest BCUT2D eigenvalue weighted by Crippen LogP contribution is -1.92. The molecule has 3 nitrogen and oxygen atoms in total. The van der Waals surface area contributed by atoms with Crippen LogP contribution in [0.25, 0.3) is 11.0 Å². The van der Waals surface area contributed by atoms with Gasteiger partial charge >= 0.3 is 0 Å². The van der Waals surface area contributed by atoms with Crippen molar-refractivity contribution in [1.82, 2.24) is 9.55 Å². The molecular weight excluding hydrogens is 162 g/mol. The van der Waals surface area contributed by atoms with Crippen molar-refractivity contribution in [3.63, 3.8) is 0 Å². The smallest absolute Gasteiger partial charge is 0.0961 e. The summed E-state index contributed by atoms with van der Waals surface area (Å²) in [7, 11) is 0. The quantitative estimate of drug-likeness (QED) is 0.556. The third kappa shape index (κ3) is 1.28. The second kappa shape index (κ2) is 2.94. The minimum atomic E-state index is 0.762. The van der Waals surface area contributed by atoms with Crippen LogP contribution in [0.3, 0.4) is 0 Å². The van der Waals surface area contributed by atoms with Crippen molar-refractivity contribution < 1.29 is 0 Å². The van der Waals surface area contributed by atoms with Crippen molar-refractivity contribution >= 4 is 16.7 Å². The SMILES string of the molecule is C=CCn1cnc2ccc(N)cc21. The molecule has 2 aromatic rings. The first-order chi connectivity index (χ1) is 6.31. The maximum Gasteiger partial charge on any atom is 0.0961 e. The Kier molecular flexibility index (Phi) is 1.77. The Labute approximate surface area is 76.5 Å². The lowest BCUT2D eigenvalue weighted by molar-refractivity contribution is 0.851. The zero-order valence-electron chi connectivity index (χ0n) is 7.27. The lowest BCUT2D eigenvalue weighted by Gasteiger charge is -1.99. The first-order valence-electron chi connectivity index (χ1n) is 4.12. The molecule has 1 heterocycles. The normalized spacial score (nSPS) is 10.5. The fourth-order valence-corrected chi connectivity index (χ4v) is 1.36.